The van der Waals surface area contributed by atoms with E-state index in [0.29, 0.717) is 27.3 Å². The van der Waals surface area contributed by atoms with Crippen molar-refractivity contribution in [1.82, 2.24) is 0 Å². The van der Waals surface area contributed by atoms with E-state index in [0.717, 1.165) is 9.80 Å². The van der Waals surface area contributed by atoms with E-state index in [4.69, 9.17) is 45.8 Å². The number of hydrogen-bond acceptors (Lipinski definition) is 15. The molecule has 516 valence electrons. The number of ether oxygens (including phenoxy) is 6. The van der Waals surface area contributed by atoms with Gasteiger partial charge in [-0.3, -0.25) is 19.4 Å². The summed E-state index contributed by atoms with van der Waals surface area (Å²) in [7, 11) is 0. The zero-order valence-corrected chi connectivity index (χ0v) is 59.0. The standard InChI is InChI=1S/C34H47F2N3O7.C28H37F2N3O6.C6H11ClO/c1-31(2,3)19-25(40)37-23-17-18-24(38(28(41)44-32(4,5)6)20-21-13-15-22(35)16-14-21)26(36)27(23)39(29(42)45-33(7,8)9)30(43)46-34(10,11)12;1-26(2,3)37-23(34)32(16-17-10-12-18(29)13-11-17)20-15-14-19(31)22(21(20)30)33(24(35)38-27(4,5)6)25(36)39-28(7,8)9;1-6(2,3)4-5(7)8/h13-18H,19-20H2,1-12H3,(H,37,40);10-15H,16,31H2,1-9H3;4H2,1-3H3. The summed E-state index contributed by atoms with van der Waals surface area (Å²) < 4.78 is 93.2. The molecule has 0 saturated heterocycles. The first kappa shape index (κ1) is 80.9. The molecule has 0 aliphatic carbocycles. The summed E-state index contributed by atoms with van der Waals surface area (Å²) in [6.45, 7) is 39.5. The van der Waals surface area contributed by atoms with Crippen LogP contribution < -0.4 is 30.7 Å². The van der Waals surface area contributed by atoms with Gasteiger partial charge in [0, 0.05) is 12.8 Å². The lowest BCUT2D eigenvalue weighted by molar-refractivity contribution is -0.118. The van der Waals surface area contributed by atoms with Crippen LogP contribution in [0.2, 0.25) is 0 Å². The number of nitrogen functional groups attached to an aromatic ring is 1. The summed E-state index contributed by atoms with van der Waals surface area (Å²) in [6.07, 6.45) is -6.46. The summed E-state index contributed by atoms with van der Waals surface area (Å²) >= 11 is 5.12. The number of amides is 7. The van der Waals surface area contributed by atoms with E-state index < -0.39 is 122 Å². The van der Waals surface area contributed by atoms with Crippen molar-refractivity contribution >= 4 is 93.4 Å². The zero-order chi connectivity index (χ0) is 72.1. The van der Waals surface area contributed by atoms with Gasteiger partial charge < -0.3 is 39.5 Å². The van der Waals surface area contributed by atoms with E-state index >= 15 is 8.78 Å². The topological polar surface area (TPSA) is 243 Å². The van der Waals surface area contributed by atoms with Gasteiger partial charge in [0.1, 0.15) is 56.6 Å². The van der Waals surface area contributed by atoms with Crippen molar-refractivity contribution < 1.29 is 84.3 Å². The Balaban J connectivity index is 0.000000571. The van der Waals surface area contributed by atoms with Crippen molar-refractivity contribution in [3.05, 3.63) is 107 Å². The number of anilines is 6. The van der Waals surface area contributed by atoms with Crippen LogP contribution in [-0.4, -0.2) is 81.3 Å². The van der Waals surface area contributed by atoms with Crippen LogP contribution in [0, 0.1) is 34.1 Å². The second-order valence-electron chi connectivity index (χ2n) is 30.0. The van der Waals surface area contributed by atoms with Gasteiger partial charge in [0.2, 0.25) is 11.1 Å². The molecule has 0 bridgehead atoms. The molecule has 0 unspecified atom stereocenters. The fourth-order valence-electron chi connectivity index (χ4n) is 7.60. The lowest BCUT2D eigenvalue weighted by Gasteiger charge is -2.32. The Hall–Kier alpha value is -8.15. The maximum Gasteiger partial charge on any atom is 0.424 e. The van der Waals surface area contributed by atoms with Gasteiger partial charge in [0.05, 0.1) is 35.8 Å². The Morgan fingerprint density at radius 3 is 0.957 bits per heavy atom. The van der Waals surface area contributed by atoms with E-state index in [1.54, 1.807) is 125 Å². The van der Waals surface area contributed by atoms with Crippen molar-refractivity contribution in [1.29, 1.82) is 0 Å². The molecule has 4 aromatic carbocycles. The highest BCUT2D eigenvalue weighted by Gasteiger charge is 2.41. The predicted molar refractivity (Wildman–Crippen MR) is 352 cm³/mol. The summed E-state index contributed by atoms with van der Waals surface area (Å²) in [4.78, 5) is 106. The predicted octanol–water partition coefficient (Wildman–Crippen LogP) is 18.3. The lowest BCUT2D eigenvalue weighted by atomic mass is 9.92. The van der Waals surface area contributed by atoms with Crippen LogP contribution in [0.3, 0.4) is 0 Å². The van der Waals surface area contributed by atoms with E-state index in [9.17, 15) is 47.1 Å². The highest BCUT2D eigenvalue weighted by molar-refractivity contribution is 6.63. The van der Waals surface area contributed by atoms with Gasteiger partial charge in [-0.05, 0) is 207 Å². The summed E-state index contributed by atoms with van der Waals surface area (Å²) in [5.41, 5.74) is -2.41. The third-order valence-corrected chi connectivity index (χ3v) is 11.1. The highest BCUT2D eigenvalue weighted by atomic mass is 35.5. The maximum absolute atomic E-state index is 17.1. The molecule has 4 rings (SSSR count). The van der Waals surface area contributed by atoms with Crippen LogP contribution in [0.5, 0.6) is 0 Å². The quantitative estimate of drug-likeness (QED) is 0.0614. The normalized spacial score (nSPS) is 12.1. The van der Waals surface area contributed by atoms with Crippen molar-refractivity contribution in [2.45, 2.75) is 226 Å². The Kier molecular flexibility index (Phi) is 27.5. The molecule has 0 aromatic heterocycles. The molecule has 25 heteroatoms. The van der Waals surface area contributed by atoms with E-state index in [1.807, 2.05) is 41.5 Å². The second kappa shape index (κ2) is 31.7. The lowest BCUT2D eigenvalue weighted by Crippen LogP contribution is -2.45. The number of rotatable bonds is 11. The number of carbonyl (C=O) groups is 8. The number of nitrogens with one attached hydrogen (secondary N) is 1. The molecular weight excluding hydrogens is 1240 g/mol. The SMILES string of the molecule is CC(C)(C)CC(=O)Cl.CC(C)(C)CC(=O)Nc1ccc(N(Cc2ccc(F)cc2)C(=O)OC(C)(C)C)c(F)c1N(C(=O)OC(C)(C)C)C(=O)OC(C)(C)C.CC(C)(C)OC(=O)N(Cc1ccc(F)cc1)c1ccc(N)c(N(C(=O)OC(C)(C)C)C(=O)OC(C)(C)C)c1F. The number of hydrogen-bond donors (Lipinski definition) is 2. The first-order valence-electron chi connectivity index (χ1n) is 29.8. The minimum Gasteiger partial charge on any atom is -0.443 e. The Labute approximate surface area is 550 Å². The van der Waals surface area contributed by atoms with Crippen LogP contribution in [0.15, 0.2) is 72.8 Å². The van der Waals surface area contributed by atoms with Crippen molar-refractivity contribution in [2.24, 2.45) is 10.8 Å². The average Bonchev–Trinajstić information content (AvgIpc) is 0.778. The molecule has 0 saturated carbocycles. The third kappa shape index (κ3) is 29.6. The number of halogens is 5. The van der Waals surface area contributed by atoms with Crippen molar-refractivity contribution in [2.75, 3.05) is 30.7 Å². The number of carbonyl (C=O) groups excluding carboxylic acids is 8. The van der Waals surface area contributed by atoms with E-state index in [1.165, 1.54) is 72.8 Å². The molecule has 0 fully saturated rings. The summed E-state index contributed by atoms with van der Waals surface area (Å²) in [6, 6.07) is 15.4. The zero-order valence-electron chi connectivity index (χ0n) is 58.2. The summed E-state index contributed by atoms with van der Waals surface area (Å²) in [5.74, 6) is -3.95. The number of benzene rings is 4. The highest BCUT2D eigenvalue weighted by Crippen LogP contribution is 2.41. The summed E-state index contributed by atoms with van der Waals surface area (Å²) in [5, 5.41) is 2.35. The second-order valence-corrected chi connectivity index (χ2v) is 30.4. The minimum absolute atomic E-state index is 0.0171. The number of nitrogens with zero attached hydrogens (tertiary/aromatic N) is 4. The fraction of sp³-hybridized carbons (Fsp3) is 0.529. The van der Waals surface area contributed by atoms with Gasteiger partial charge in [-0.2, -0.15) is 9.80 Å². The minimum atomic E-state index is -1.29. The average molecular weight is 1330 g/mol. The molecule has 0 radical (unpaired) electrons. The molecule has 93 heavy (non-hydrogen) atoms. The molecule has 3 N–H and O–H groups in total. The molecule has 0 aliphatic heterocycles. The van der Waals surface area contributed by atoms with Crippen LogP contribution in [-0.2, 0) is 51.1 Å². The van der Waals surface area contributed by atoms with Gasteiger partial charge >= 0.3 is 36.6 Å². The molecule has 4 aromatic rings. The molecule has 0 heterocycles. The van der Waals surface area contributed by atoms with Crippen molar-refractivity contribution in [3.63, 3.8) is 0 Å². The van der Waals surface area contributed by atoms with E-state index in [-0.39, 0.29) is 47.2 Å². The molecule has 0 aliphatic rings. The Bertz CT molecular complexity index is 3230. The Morgan fingerprint density at radius 2 is 0.677 bits per heavy atom. The van der Waals surface area contributed by atoms with Crippen LogP contribution in [0.1, 0.15) is 190 Å². The maximum atomic E-state index is 17.1. The van der Waals surface area contributed by atoms with Crippen LogP contribution in [0.25, 0.3) is 0 Å². The fourth-order valence-corrected chi connectivity index (χ4v) is 8.00. The molecule has 7 amide bonds. The van der Waals surface area contributed by atoms with Crippen molar-refractivity contribution in [3.8, 4) is 0 Å². The Morgan fingerprint density at radius 1 is 0.398 bits per heavy atom. The molecule has 0 atom stereocenters. The van der Waals surface area contributed by atoms with Gasteiger partial charge in [0.15, 0.2) is 11.6 Å². The van der Waals surface area contributed by atoms with Crippen LogP contribution in [0.4, 0.5) is 80.5 Å². The smallest absolute Gasteiger partial charge is 0.424 e. The number of imide groups is 2. The van der Waals surface area contributed by atoms with Gasteiger partial charge in [-0.15, -0.1) is 0 Å². The van der Waals surface area contributed by atoms with Crippen LogP contribution >= 0.6 is 11.6 Å². The van der Waals surface area contributed by atoms with Gasteiger partial charge in [-0.25, -0.2) is 46.3 Å². The monoisotopic (exact) mass is 1330 g/mol. The number of nitrogens with two attached hydrogens (primary N) is 1. The largest absolute Gasteiger partial charge is 0.443 e. The van der Waals surface area contributed by atoms with Gasteiger partial charge in [-0.1, -0.05) is 65.8 Å². The first-order valence-corrected chi connectivity index (χ1v) is 30.1. The molecular formula is C68H95ClF4N6O14. The van der Waals surface area contributed by atoms with Gasteiger partial charge in [0.25, 0.3) is 0 Å². The molecule has 0 spiro atoms. The first-order chi connectivity index (χ1) is 41.9. The molecule has 20 nitrogen and oxygen atoms in total. The van der Waals surface area contributed by atoms with E-state index in [2.05, 4.69) is 5.32 Å². The third-order valence-electron chi connectivity index (χ3n) is 10.9.